The number of hydrogen-bond donors (Lipinski definition) is 3. The zero-order valence-corrected chi connectivity index (χ0v) is 14.5. The largest absolute Gasteiger partial charge is 0.308 e. The minimum absolute atomic E-state index is 0.0199. The van der Waals surface area contributed by atoms with Gasteiger partial charge in [0.2, 0.25) is 0 Å². The first-order chi connectivity index (χ1) is 7.23. The maximum absolute atomic E-state index is 11.9. The molecule has 5 nitrogen and oxygen atoms in total. The van der Waals surface area contributed by atoms with E-state index < -0.39 is 14.8 Å². The van der Waals surface area contributed by atoms with Crippen LogP contribution in [0.25, 0.3) is 0 Å². The van der Waals surface area contributed by atoms with Crippen LogP contribution in [-0.2, 0) is 9.36 Å². The van der Waals surface area contributed by atoms with Crippen molar-refractivity contribution in [2.75, 3.05) is 0 Å². The fourth-order valence-corrected chi connectivity index (χ4v) is 3.90. The Morgan fingerprint density at radius 1 is 1.50 bits per heavy atom. The van der Waals surface area contributed by atoms with E-state index in [-0.39, 0.29) is 5.92 Å². The highest BCUT2D eigenvalue weighted by atomic mass is 79.9. The molecule has 0 saturated heterocycles. The number of hydrogen-bond acceptors (Lipinski definition) is 6. The van der Waals surface area contributed by atoms with E-state index in [1.165, 1.54) is 0 Å². The predicted molar refractivity (Wildman–Crippen MR) is 79.3 cm³/mol. The standard InChI is InChI=1S/C6H14Br2N3O2PS2/c1-3-4(2)6(7,8)5(12)11-14(13,15-9)16-10/h4H,3,9-10H2,1-2H3,(H,11,12,13). The molecule has 0 radical (unpaired) electrons. The number of alkyl halides is 2. The van der Waals surface area contributed by atoms with Gasteiger partial charge < -0.3 is 0 Å². The molecule has 96 valence electrons. The van der Waals surface area contributed by atoms with E-state index in [0.717, 1.165) is 6.42 Å². The number of carbonyl (C=O) groups excluding carboxylic acids is 1. The van der Waals surface area contributed by atoms with E-state index in [0.29, 0.717) is 23.1 Å². The fraction of sp³-hybridized carbons (Fsp3) is 0.833. The minimum atomic E-state index is -3.15. The SMILES string of the molecule is CCC(C)C(Br)(Br)C(=O)NP(=O)(SN)SN. The van der Waals surface area contributed by atoms with E-state index in [1.54, 1.807) is 0 Å². The smallest absolute Gasteiger partial charge is 0.287 e. The summed E-state index contributed by atoms with van der Waals surface area (Å²) in [5.74, 6) is -0.424. The van der Waals surface area contributed by atoms with Crippen LogP contribution in [0.1, 0.15) is 20.3 Å². The molecule has 0 bridgehead atoms. The summed E-state index contributed by atoms with van der Waals surface area (Å²) >= 11 is 7.65. The lowest BCUT2D eigenvalue weighted by Crippen LogP contribution is -2.40. The zero-order valence-electron chi connectivity index (χ0n) is 8.78. The molecule has 0 fully saturated rings. The van der Waals surface area contributed by atoms with Crippen molar-refractivity contribution in [2.24, 2.45) is 16.2 Å². The Labute approximate surface area is 120 Å². The third-order valence-corrected chi connectivity index (χ3v) is 9.13. The van der Waals surface area contributed by atoms with Gasteiger partial charge in [-0.2, -0.15) is 0 Å². The van der Waals surface area contributed by atoms with Gasteiger partial charge in [-0.15, -0.1) is 0 Å². The lowest BCUT2D eigenvalue weighted by atomic mass is 10.1. The van der Waals surface area contributed by atoms with E-state index in [1.807, 2.05) is 13.8 Å². The molecule has 0 aliphatic carbocycles. The van der Waals surface area contributed by atoms with Gasteiger partial charge in [-0.25, -0.2) is 0 Å². The summed E-state index contributed by atoms with van der Waals surface area (Å²) in [7, 11) is 0. The summed E-state index contributed by atoms with van der Waals surface area (Å²) in [5, 5.41) is 12.8. The number of halogens is 2. The van der Waals surface area contributed by atoms with Gasteiger partial charge in [0, 0.05) is 23.1 Å². The van der Waals surface area contributed by atoms with Crippen LogP contribution in [-0.4, -0.2) is 9.14 Å². The first kappa shape index (κ1) is 17.3. The fourth-order valence-electron chi connectivity index (χ4n) is 0.757. The summed E-state index contributed by atoms with van der Waals surface area (Å²) in [6, 6.07) is 0. The predicted octanol–water partition coefficient (Wildman–Crippen LogP) is 2.96. The molecule has 0 spiro atoms. The van der Waals surface area contributed by atoms with Crippen molar-refractivity contribution in [1.82, 2.24) is 5.09 Å². The highest BCUT2D eigenvalue weighted by molar-refractivity contribution is 9.26. The molecule has 0 aliphatic rings. The van der Waals surface area contributed by atoms with E-state index in [9.17, 15) is 9.36 Å². The molecule has 10 heteroatoms. The monoisotopic (exact) mass is 413 g/mol. The summed E-state index contributed by atoms with van der Waals surface area (Å²) in [6.45, 7) is 3.84. The quantitative estimate of drug-likeness (QED) is 0.351. The lowest BCUT2D eigenvalue weighted by molar-refractivity contribution is -0.120. The molecule has 0 saturated carbocycles. The molecule has 16 heavy (non-hydrogen) atoms. The van der Waals surface area contributed by atoms with Crippen molar-refractivity contribution in [3.05, 3.63) is 0 Å². The van der Waals surface area contributed by atoms with Gasteiger partial charge in [0.1, 0.15) is 0 Å². The van der Waals surface area contributed by atoms with Gasteiger partial charge in [-0.05, 0) is 5.92 Å². The Morgan fingerprint density at radius 3 is 2.25 bits per heavy atom. The van der Waals surface area contributed by atoms with Crippen molar-refractivity contribution in [1.29, 1.82) is 0 Å². The molecular weight excluding hydrogens is 401 g/mol. The highest BCUT2D eigenvalue weighted by Gasteiger charge is 2.40. The van der Waals surface area contributed by atoms with Crippen LogP contribution in [0.15, 0.2) is 0 Å². The zero-order chi connectivity index (χ0) is 13.0. The maximum Gasteiger partial charge on any atom is 0.308 e. The summed E-state index contributed by atoms with van der Waals surface area (Å²) < 4.78 is 10.9. The molecule has 0 aromatic heterocycles. The van der Waals surface area contributed by atoms with Crippen LogP contribution >= 0.6 is 60.7 Å². The third-order valence-electron chi connectivity index (χ3n) is 2.05. The van der Waals surface area contributed by atoms with E-state index in [2.05, 4.69) is 36.9 Å². The van der Waals surface area contributed by atoms with Crippen molar-refractivity contribution in [3.8, 4) is 0 Å². The average molecular weight is 415 g/mol. The highest BCUT2D eigenvalue weighted by Crippen LogP contribution is 2.61. The molecule has 0 aromatic carbocycles. The molecule has 0 aromatic rings. The van der Waals surface area contributed by atoms with Crippen LogP contribution in [0.2, 0.25) is 0 Å². The van der Waals surface area contributed by atoms with Crippen molar-refractivity contribution in [3.63, 3.8) is 0 Å². The Kier molecular flexibility index (Phi) is 7.57. The minimum Gasteiger partial charge on any atom is -0.287 e. The molecule has 5 N–H and O–H groups in total. The van der Waals surface area contributed by atoms with Gasteiger partial charge in [0.25, 0.3) is 5.91 Å². The van der Waals surface area contributed by atoms with Crippen LogP contribution in [0.5, 0.6) is 0 Å². The Hall–Kier alpha value is 1.28. The van der Waals surface area contributed by atoms with Gasteiger partial charge in [-0.3, -0.25) is 24.7 Å². The second kappa shape index (κ2) is 7.01. The molecule has 0 heterocycles. The van der Waals surface area contributed by atoms with E-state index >= 15 is 0 Å². The second-order valence-electron chi connectivity index (χ2n) is 3.08. The van der Waals surface area contributed by atoms with E-state index in [4.69, 9.17) is 10.3 Å². The van der Waals surface area contributed by atoms with Crippen LogP contribution in [0.3, 0.4) is 0 Å². The number of nitrogens with two attached hydrogens (primary N) is 2. The first-order valence-corrected chi connectivity index (χ1v) is 10.6. The Balaban J connectivity index is 4.76. The van der Waals surface area contributed by atoms with Crippen molar-refractivity contribution < 1.29 is 9.36 Å². The Bertz CT molecular complexity index is 297. The third kappa shape index (κ3) is 4.51. The first-order valence-electron chi connectivity index (χ1n) is 4.31. The topological polar surface area (TPSA) is 98.2 Å². The number of carbonyl (C=O) groups is 1. The molecule has 1 atom stereocenters. The van der Waals surface area contributed by atoms with Crippen molar-refractivity contribution in [2.45, 2.75) is 23.5 Å². The molecule has 0 rings (SSSR count). The van der Waals surface area contributed by atoms with Gasteiger partial charge >= 0.3 is 5.70 Å². The van der Waals surface area contributed by atoms with Crippen LogP contribution in [0, 0.1) is 5.92 Å². The lowest BCUT2D eigenvalue weighted by Gasteiger charge is -2.27. The molecule has 0 aliphatic heterocycles. The molecule has 1 amide bonds. The number of amides is 1. The number of rotatable bonds is 6. The summed E-state index contributed by atoms with van der Waals surface area (Å²) in [4.78, 5) is 11.9. The molecular formula is C6H14Br2N3O2PS2. The average Bonchev–Trinajstić information content (AvgIpc) is 2.27. The normalized spacial score (nSPS) is 14.6. The van der Waals surface area contributed by atoms with Gasteiger partial charge in [0.05, 0.1) is 0 Å². The van der Waals surface area contributed by atoms with Gasteiger partial charge in [-0.1, -0.05) is 52.1 Å². The van der Waals surface area contributed by atoms with Gasteiger partial charge in [0.15, 0.2) is 3.23 Å². The molecule has 1 unspecified atom stereocenters. The Morgan fingerprint density at radius 2 is 1.94 bits per heavy atom. The summed E-state index contributed by atoms with van der Waals surface area (Å²) in [6.07, 6.45) is 0.778. The number of nitrogens with one attached hydrogen (secondary N) is 1. The van der Waals surface area contributed by atoms with Crippen LogP contribution in [0.4, 0.5) is 0 Å². The summed E-state index contributed by atoms with van der Waals surface area (Å²) in [5.41, 5.74) is -3.15. The van der Waals surface area contributed by atoms with Crippen molar-refractivity contribution >= 4 is 66.6 Å². The maximum atomic E-state index is 11.9. The van der Waals surface area contributed by atoms with Crippen LogP contribution < -0.4 is 15.4 Å². The second-order valence-corrected chi connectivity index (χ2v) is 13.3.